The molecular weight excluding hydrogens is 512 g/mol. The van der Waals surface area contributed by atoms with E-state index in [-0.39, 0.29) is 0 Å². The van der Waals surface area contributed by atoms with Gasteiger partial charge in [0.15, 0.2) is 0 Å². The van der Waals surface area contributed by atoms with Crippen molar-refractivity contribution in [3.8, 4) is 11.1 Å². The second-order valence-corrected chi connectivity index (χ2v) is 9.89. The summed E-state index contributed by atoms with van der Waals surface area (Å²) in [5.74, 6) is 0. The van der Waals surface area contributed by atoms with Crippen LogP contribution in [-0.2, 0) is 30.7 Å². The number of hydrogen-bond acceptors (Lipinski definition) is 0. The summed E-state index contributed by atoms with van der Waals surface area (Å²) in [7, 11) is 0. The predicted octanol–water partition coefficient (Wildman–Crippen LogP) is 8.42. The quantitative estimate of drug-likeness (QED) is 0.194. The van der Waals surface area contributed by atoms with Crippen LogP contribution in [0.1, 0.15) is 22.3 Å². The number of fused-ring (bicyclic) bond motifs is 4. The third-order valence-electron chi connectivity index (χ3n) is 6.29. The fourth-order valence-electron chi connectivity index (χ4n) is 4.44. The molecule has 0 saturated heterocycles. The third kappa shape index (κ3) is 5.81. The minimum absolute atomic E-state index is 1.05. The van der Waals surface area contributed by atoms with Crippen molar-refractivity contribution in [3.63, 3.8) is 0 Å². The summed E-state index contributed by atoms with van der Waals surface area (Å²) < 4.78 is 1.42. The Kier molecular flexibility index (Phi) is 8.01. The Balaban J connectivity index is 0.000000114. The fraction of sp³-hybridized carbons (Fsp3) is 0.0286. The largest absolute Gasteiger partial charge is 0.179 e. The van der Waals surface area contributed by atoms with Gasteiger partial charge in [0.25, 0.3) is 0 Å². The second kappa shape index (κ2) is 11.9. The maximum atomic E-state index is 3.30. The average molecular weight is 538 g/mol. The van der Waals surface area contributed by atoms with E-state index in [1.807, 2.05) is 6.07 Å². The molecule has 170 valence electrons. The topological polar surface area (TPSA) is 0 Å². The molecule has 0 spiro atoms. The van der Waals surface area contributed by atoms with E-state index < -0.39 is 0 Å². The molecule has 1 aliphatic rings. The van der Waals surface area contributed by atoms with Crippen LogP contribution in [0.4, 0.5) is 0 Å². The van der Waals surface area contributed by atoms with Crippen LogP contribution in [0.3, 0.4) is 0 Å². The van der Waals surface area contributed by atoms with Gasteiger partial charge in [0.2, 0.25) is 0 Å². The van der Waals surface area contributed by atoms with Crippen LogP contribution in [0.5, 0.6) is 0 Å². The molecule has 0 bridgehead atoms. The number of hydrogen-bond donors (Lipinski definition) is 0. The van der Waals surface area contributed by atoms with Crippen molar-refractivity contribution >= 4 is 14.0 Å². The van der Waals surface area contributed by atoms with Crippen molar-refractivity contribution in [1.82, 2.24) is 0 Å². The van der Waals surface area contributed by atoms with Crippen LogP contribution in [0, 0.1) is 6.07 Å². The van der Waals surface area contributed by atoms with Gasteiger partial charge in [-0.15, -0.1) is 35.2 Å². The Labute approximate surface area is 228 Å². The van der Waals surface area contributed by atoms with Crippen molar-refractivity contribution < 1.29 is 24.2 Å². The van der Waals surface area contributed by atoms with Crippen LogP contribution in [0.15, 0.2) is 146 Å². The normalized spacial score (nSPS) is 10.8. The van der Waals surface area contributed by atoms with Gasteiger partial charge in [-0.05, 0) is 6.42 Å². The second-order valence-electron chi connectivity index (χ2n) is 8.66. The number of benzene rings is 5. The summed E-state index contributed by atoms with van der Waals surface area (Å²) in [6, 6.07) is 53.9. The molecule has 6 aromatic carbocycles. The van der Waals surface area contributed by atoms with Gasteiger partial charge in [-0.2, -0.15) is 47.3 Å². The van der Waals surface area contributed by atoms with E-state index in [0.29, 0.717) is 0 Å². The summed E-state index contributed by atoms with van der Waals surface area (Å²) in [5, 5.41) is 2.66. The Morgan fingerprint density at radius 3 is 1.94 bits per heavy atom. The smallest absolute Gasteiger partial charge is 0.0253 e. The Bertz CT molecular complexity index is 1440. The molecular formula is C35H26Zr. The molecule has 0 saturated carbocycles. The standard InChI is InChI=1S/C13H9.C13H10.C9H7.Zr/c1-3-7-12-10(5-1)9-11-6-2-4-8-13(11)12;1-3-7-12(8-4-1)11-13-9-5-2-6-10-13;1-2-5-9-7-3-6-8(9)4-1;/h1-5,7-8H,9H2;1-10H;1-7H;/q-1;;-1;+2. The Hall–Kier alpha value is -3.54. The van der Waals surface area contributed by atoms with E-state index in [0.717, 1.165) is 6.42 Å². The van der Waals surface area contributed by atoms with Crippen molar-refractivity contribution in [2.45, 2.75) is 6.42 Å². The first-order chi connectivity index (χ1) is 17.8. The van der Waals surface area contributed by atoms with Gasteiger partial charge in [-0.3, -0.25) is 0 Å². The first-order valence-corrected chi connectivity index (χ1v) is 13.4. The minimum Gasteiger partial charge on any atom is -0.179 e. The van der Waals surface area contributed by atoms with Gasteiger partial charge in [0.05, 0.1) is 0 Å². The van der Waals surface area contributed by atoms with Gasteiger partial charge in [0, 0.05) is 0 Å². The molecule has 36 heavy (non-hydrogen) atoms. The number of rotatable bonds is 2. The summed E-state index contributed by atoms with van der Waals surface area (Å²) >= 11 is 1.46. The molecule has 0 radical (unpaired) electrons. The molecule has 0 aromatic heterocycles. The van der Waals surface area contributed by atoms with Gasteiger partial charge < -0.3 is 0 Å². The van der Waals surface area contributed by atoms with Gasteiger partial charge >= 0.3 is 99.2 Å². The maximum Gasteiger partial charge on any atom is -0.0253 e. The zero-order valence-corrected chi connectivity index (χ0v) is 22.5. The van der Waals surface area contributed by atoms with Crippen LogP contribution in [-0.4, -0.2) is 3.21 Å². The molecule has 0 N–H and O–H groups in total. The van der Waals surface area contributed by atoms with Crippen LogP contribution >= 0.6 is 0 Å². The minimum atomic E-state index is 1.05. The monoisotopic (exact) mass is 536 g/mol. The van der Waals surface area contributed by atoms with Crippen molar-refractivity contribution in [3.05, 3.63) is 174 Å². The molecule has 6 aromatic rings. The third-order valence-corrected chi connectivity index (χ3v) is 7.71. The predicted molar refractivity (Wildman–Crippen MR) is 149 cm³/mol. The fourth-order valence-corrected chi connectivity index (χ4v) is 5.26. The van der Waals surface area contributed by atoms with E-state index in [1.54, 1.807) is 0 Å². The molecule has 0 atom stereocenters. The van der Waals surface area contributed by atoms with Crippen LogP contribution in [0.2, 0.25) is 0 Å². The molecule has 0 fully saturated rings. The van der Waals surface area contributed by atoms with Crippen molar-refractivity contribution in [1.29, 1.82) is 0 Å². The van der Waals surface area contributed by atoms with E-state index in [4.69, 9.17) is 0 Å². The first-order valence-electron chi connectivity index (χ1n) is 12.2. The zero-order chi connectivity index (χ0) is 24.6. The van der Waals surface area contributed by atoms with Crippen molar-refractivity contribution in [2.24, 2.45) is 0 Å². The molecule has 7 rings (SSSR count). The van der Waals surface area contributed by atoms with E-state index in [9.17, 15) is 0 Å². The van der Waals surface area contributed by atoms with E-state index in [1.165, 1.54) is 71.6 Å². The van der Waals surface area contributed by atoms with Gasteiger partial charge in [0.1, 0.15) is 0 Å². The first kappa shape index (κ1) is 24.2. The summed E-state index contributed by atoms with van der Waals surface area (Å²) in [6.07, 6.45) is 1.05. The molecule has 0 nitrogen and oxygen atoms in total. The molecule has 0 heterocycles. The Morgan fingerprint density at radius 2 is 1.22 bits per heavy atom. The Morgan fingerprint density at radius 1 is 0.611 bits per heavy atom. The molecule has 0 amide bonds. The molecule has 0 unspecified atom stereocenters. The zero-order valence-electron chi connectivity index (χ0n) is 20.1. The summed E-state index contributed by atoms with van der Waals surface area (Å²) in [4.78, 5) is 0. The van der Waals surface area contributed by atoms with Gasteiger partial charge in [-0.1, -0.05) is 41.5 Å². The van der Waals surface area contributed by atoms with E-state index >= 15 is 0 Å². The van der Waals surface area contributed by atoms with Crippen molar-refractivity contribution in [2.75, 3.05) is 0 Å². The molecule has 1 aliphatic carbocycles. The average Bonchev–Trinajstić information content (AvgIpc) is 3.59. The van der Waals surface area contributed by atoms with E-state index in [2.05, 4.69) is 146 Å². The molecule has 0 aliphatic heterocycles. The summed E-state index contributed by atoms with van der Waals surface area (Å²) in [5.41, 5.74) is 8.17. The van der Waals surface area contributed by atoms with Crippen LogP contribution < -0.4 is 0 Å². The maximum absolute atomic E-state index is 3.30. The molecule has 1 heteroatoms. The van der Waals surface area contributed by atoms with Gasteiger partial charge in [-0.25, -0.2) is 0 Å². The van der Waals surface area contributed by atoms with Crippen LogP contribution in [0.25, 0.3) is 21.9 Å². The SMILES string of the molecule is [Zr+2]=[C](c1ccccc1)c1ccccc1.[c-]1cccc2c1Cc1ccccc1-2.c1ccc2[cH-]ccc2c1. The summed E-state index contributed by atoms with van der Waals surface area (Å²) in [6.45, 7) is 0.